The van der Waals surface area contributed by atoms with Crippen LogP contribution in [-0.2, 0) is 11.3 Å². The van der Waals surface area contributed by atoms with Crippen LogP contribution >= 0.6 is 0 Å². The third kappa shape index (κ3) is 5.74. The Labute approximate surface area is 162 Å². The number of hydrogen-bond donors (Lipinski definition) is 2. The molecule has 7 heteroatoms. The molecule has 3 N–H and O–H groups in total. The molecule has 7 nitrogen and oxygen atoms in total. The maximum atomic E-state index is 12.2. The van der Waals surface area contributed by atoms with Crippen molar-refractivity contribution in [3.8, 4) is 0 Å². The predicted octanol–water partition coefficient (Wildman–Crippen LogP) is 1.73. The van der Waals surface area contributed by atoms with Crippen LogP contribution in [0.25, 0.3) is 0 Å². The highest BCUT2D eigenvalue weighted by Gasteiger charge is 2.26. The van der Waals surface area contributed by atoms with E-state index in [4.69, 9.17) is 10.5 Å². The first-order chi connectivity index (χ1) is 12.8. The van der Waals surface area contributed by atoms with Crippen molar-refractivity contribution in [1.29, 1.82) is 0 Å². The largest absolute Gasteiger partial charge is 0.444 e. The Kier molecular flexibility index (Phi) is 6.11. The van der Waals surface area contributed by atoms with Gasteiger partial charge in [-0.1, -0.05) is 0 Å². The fraction of sp³-hybridized carbons (Fsp3) is 0.650. The highest BCUT2D eigenvalue weighted by molar-refractivity contribution is 5.68. The fourth-order valence-corrected chi connectivity index (χ4v) is 3.57. The zero-order chi connectivity index (χ0) is 19.4. The number of ether oxygens (including phenoxy) is 1. The Morgan fingerprint density at radius 3 is 2.37 bits per heavy atom. The third-order valence-electron chi connectivity index (χ3n) is 4.91. The van der Waals surface area contributed by atoms with E-state index in [9.17, 15) is 4.79 Å². The van der Waals surface area contributed by atoms with Crippen LogP contribution in [0.5, 0.6) is 0 Å². The number of piperazine rings is 2. The van der Waals surface area contributed by atoms with Gasteiger partial charge in [0.2, 0.25) is 0 Å². The van der Waals surface area contributed by atoms with Gasteiger partial charge >= 0.3 is 6.09 Å². The molecule has 2 saturated heterocycles. The summed E-state index contributed by atoms with van der Waals surface area (Å²) >= 11 is 0. The van der Waals surface area contributed by atoms with E-state index in [1.807, 2.05) is 20.8 Å². The number of hydrogen-bond acceptors (Lipinski definition) is 6. The van der Waals surface area contributed by atoms with E-state index in [2.05, 4.69) is 33.3 Å². The van der Waals surface area contributed by atoms with Gasteiger partial charge in [0.05, 0.1) is 0 Å². The Morgan fingerprint density at radius 1 is 1.07 bits per heavy atom. The predicted molar refractivity (Wildman–Crippen MR) is 109 cm³/mol. The lowest BCUT2D eigenvalue weighted by molar-refractivity contribution is 0.0139. The molecule has 0 bridgehead atoms. The lowest BCUT2D eigenvalue weighted by Gasteiger charge is -2.36. The SMILES string of the molecule is CC(C)(C)OC(=O)N1CCN(Cc2cc(N)cc(N3CCNCC3)c2)CC1. The van der Waals surface area contributed by atoms with Gasteiger partial charge in [-0.2, -0.15) is 0 Å². The fourth-order valence-electron chi connectivity index (χ4n) is 3.57. The van der Waals surface area contributed by atoms with Gasteiger partial charge in [-0.3, -0.25) is 4.90 Å². The number of benzene rings is 1. The summed E-state index contributed by atoms with van der Waals surface area (Å²) in [5, 5.41) is 3.38. The van der Waals surface area contributed by atoms with Crippen LogP contribution < -0.4 is 16.0 Å². The molecule has 0 unspecified atom stereocenters. The molecule has 2 heterocycles. The van der Waals surface area contributed by atoms with Crippen molar-refractivity contribution in [1.82, 2.24) is 15.1 Å². The van der Waals surface area contributed by atoms with E-state index in [-0.39, 0.29) is 6.09 Å². The van der Waals surface area contributed by atoms with Crippen molar-refractivity contribution in [2.75, 3.05) is 63.0 Å². The summed E-state index contributed by atoms with van der Waals surface area (Å²) in [5.41, 5.74) is 8.96. The number of nitrogen functional groups attached to an aromatic ring is 1. The first kappa shape index (κ1) is 19.8. The molecule has 0 saturated carbocycles. The van der Waals surface area contributed by atoms with Crippen LogP contribution in [0.1, 0.15) is 26.3 Å². The number of rotatable bonds is 3. The smallest absolute Gasteiger partial charge is 0.410 e. The number of carbonyl (C=O) groups excluding carboxylic acids is 1. The summed E-state index contributed by atoms with van der Waals surface area (Å²) < 4.78 is 5.47. The van der Waals surface area contributed by atoms with Crippen molar-refractivity contribution in [3.63, 3.8) is 0 Å². The minimum absolute atomic E-state index is 0.216. The van der Waals surface area contributed by atoms with E-state index >= 15 is 0 Å². The van der Waals surface area contributed by atoms with E-state index in [1.165, 1.54) is 11.3 Å². The molecule has 27 heavy (non-hydrogen) atoms. The Bertz CT molecular complexity index is 644. The first-order valence-corrected chi connectivity index (χ1v) is 9.85. The quantitative estimate of drug-likeness (QED) is 0.784. The molecule has 0 atom stereocenters. The molecule has 2 fully saturated rings. The van der Waals surface area contributed by atoms with E-state index < -0.39 is 5.60 Å². The van der Waals surface area contributed by atoms with Crippen molar-refractivity contribution in [3.05, 3.63) is 23.8 Å². The summed E-state index contributed by atoms with van der Waals surface area (Å²) in [6.45, 7) is 13.7. The summed E-state index contributed by atoms with van der Waals surface area (Å²) in [6.07, 6.45) is -0.216. The van der Waals surface area contributed by atoms with Crippen LogP contribution in [0.3, 0.4) is 0 Å². The molecule has 0 spiro atoms. The highest BCUT2D eigenvalue weighted by atomic mass is 16.6. The maximum absolute atomic E-state index is 12.2. The van der Waals surface area contributed by atoms with Crippen molar-refractivity contribution in [2.45, 2.75) is 32.9 Å². The summed E-state index contributed by atoms with van der Waals surface area (Å²) in [5.74, 6) is 0. The number of amides is 1. The summed E-state index contributed by atoms with van der Waals surface area (Å²) in [6, 6.07) is 6.38. The molecule has 0 aromatic heterocycles. The minimum atomic E-state index is -0.448. The van der Waals surface area contributed by atoms with Gasteiger partial charge in [0, 0.05) is 70.3 Å². The normalized spacial score (nSPS) is 19.2. The Balaban J connectivity index is 1.56. The third-order valence-corrected chi connectivity index (χ3v) is 4.91. The van der Waals surface area contributed by atoms with Gasteiger partial charge < -0.3 is 25.6 Å². The molecule has 0 radical (unpaired) electrons. The highest BCUT2D eigenvalue weighted by Crippen LogP contribution is 2.23. The van der Waals surface area contributed by atoms with Crippen LogP contribution in [0.4, 0.5) is 16.2 Å². The molecule has 2 aliphatic rings. The number of nitrogens with two attached hydrogens (primary N) is 1. The molecular formula is C20H33N5O2. The van der Waals surface area contributed by atoms with Crippen LogP contribution in [0.2, 0.25) is 0 Å². The van der Waals surface area contributed by atoms with Gasteiger partial charge in [-0.15, -0.1) is 0 Å². The topological polar surface area (TPSA) is 74.1 Å². The molecule has 1 amide bonds. The molecule has 150 valence electrons. The molecular weight excluding hydrogens is 342 g/mol. The molecule has 2 aliphatic heterocycles. The van der Waals surface area contributed by atoms with Crippen molar-refractivity contribution in [2.24, 2.45) is 0 Å². The summed E-state index contributed by atoms with van der Waals surface area (Å²) in [4.78, 5) is 18.8. The monoisotopic (exact) mass is 375 g/mol. The number of nitrogens with zero attached hydrogens (tertiary/aromatic N) is 3. The second-order valence-corrected chi connectivity index (χ2v) is 8.41. The molecule has 1 aromatic carbocycles. The lowest BCUT2D eigenvalue weighted by Crippen LogP contribution is -2.49. The Morgan fingerprint density at radius 2 is 1.74 bits per heavy atom. The molecule has 0 aliphatic carbocycles. The molecule has 3 rings (SSSR count). The van der Waals surface area contributed by atoms with Crippen LogP contribution in [0, 0.1) is 0 Å². The standard InChI is InChI=1S/C20H33N5O2/c1-20(2,3)27-19(26)25-10-8-23(9-11-25)15-16-12-17(21)14-18(13-16)24-6-4-22-5-7-24/h12-14,22H,4-11,15,21H2,1-3H3. The van der Waals surface area contributed by atoms with E-state index in [1.54, 1.807) is 4.90 Å². The molecule has 1 aromatic rings. The minimum Gasteiger partial charge on any atom is -0.444 e. The van der Waals surface area contributed by atoms with Crippen LogP contribution in [-0.4, -0.2) is 73.9 Å². The average Bonchev–Trinajstić information content (AvgIpc) is 2.61. The van der Waals surface area contributed by atoms with E-state index in [0.29, 0.717) is 13.1 Å². The van der Waals surface area contributed by atoms with Gasteiger partial charge in [0.25, 0.3) is 0 Å². The van der Waals surface area contributed by atoms with Gasteiger partial charge in [-0.05, 0) is 44.5 Å². The average molecular weight is 376 g/mol. The lowest BCUT2D eigenvalue weighted by atomic mass is 10.1. The van der Waals surface area contributed by atoms with Gasteiger partial charge in [0.1, 0.15) is 5.60 Å². The van der Waals surface area contributed by atoms with Crippen molar-refractivity contribution < 1.29 is 9.53 Å². The summed E-state index contributed by atoms with van der Waals surface area (Å²) in [7, 11) is 0. The van der Waals surface area contributed by atoms with Gasteiger partial charge in [-0.25, -0.2) is 4.79 Å². The number of anilines is 2. The second-order valence-electron chi connectivity index (χ2n) is 8.41. The number of carbonyl (C=O) groups is 1. The van der Waals surface area contributed by atoms with Gasteiger partial charge in [0.15, 0.2) is 0 Å². The number of nitrogens with one attached hydrogen (secondary N) is 1. The van der Waals surface area contributed by atoms with Crippen LogP contribution in [0.15, 0.2) is 18.2 Å². The maximum Gasteiger partial charge on any atom is 0.410 e. The zero-order valence-corrected chi connectivity index (χ0v) is 16.8. The van der Waals surface area contributed by atoms with Crippen molar-refractivity contribution >= 4 is 17.5 Å². The second kappa shape index (κ2) is 8.35. The van der Waals surface area contributed by atoms with E-state index in [0.717, 1.165) is 51.5 Å². The Hall–Kier alpha value is -1.99. The zero-order valence-electron chi connectivity index (χ0n) is 16.8. The first-order valence-electron chi connectivity index (χ1n) is 9.85.